The summed E-state index contributed by atoms with van der Waals surface area (Å²) in [6.07, 6.45) is 0. The number of aliphatic carboxylic acids is 1. The number of aryl methyl sites for hydroxylation is 1. The standard InChI is InChI=1S/C12H16O2S/c1-8(2)11(12(13)14)15-10-6-4-9(3)5-7-10/h4-8,11H,1-3H3,(H,13,14). The molecule has 1 aromatic carbocycles. The molecule has 3 heteroatoms. The smallest absolute Gasteiger partial charge is 0.317 e. The van der Waals surface area contributed by atoms with Crippen molar-refractivity contribution in [1.82, 2.24) is 0 Å². The van der Waals surface area contributed by atoms with Crippen molar-refractivity contribution in [3.8, 4) is 0 Å². The fraction of sp³-hybridized carbons (Fsp3) is 0.417. The van der Waals surface area contributed by atoms with E-state index in [1.807, 2.05) is 45.0 Å². The van der Waals surface area contributed by atoms with E-state index in [-0.39, 0.29) is 11.2 Å². The molecule has 0 aliphatic rings. The molecular weight excluding hydrogens is 208 g/mol. The SMILES string of the molecule is Cc1ccc(SC(C(=O)O)C(C)C)cc1. The topological polar surface area (TPSA) is 37.3 Å². The van der Waals surface area contributed by atoms with Gasteiger partial charge in [0.2, 0.25) is 0 Å². The Morgan fingerprint density at radius 3 is 2.20 bits per heavy atom. The fourth-order valence-electron chi connectivity index (χ4n) is 1.24. The Bertz CT molecular complexity index is 330. The Morgan fingerprint density at radius 1 is 1.27 bits per heavy atom. The molecule has 0 spiro atoms. The predicted molar refractivity (Wildman–Crippen MR) is 63.3 cm³/mol. The van der Waals surface area contributed by atoms with Gasteiger partial charge in [0.1, 0.15) is 5.25 Å². The van der Waals surface area contributed by atoms with Crippen LogP contribution in [0.15, 0.2) is 29.2 Å². The first kappa shape index (κ1) is 12.1. The second kappa shape index (κ2) is 5.21. The first-order chi connectivity index (χ1) is 7.00. The van der Waals surface area contributed by atoms with Gasteiger partial charge in [-0.2, -0.15) is 0 Å². The number of hydrogen-bond acceptors (Lipinski definition) is 2. The normalized spacial score (nSPS) is 12.8. The van der Waals surface area contributed by atoms with Crippen molar-refractivity contribution in [2.24, 2.45) is 5.92 Å². The van der Waals surface area contributed by atoms with Crippen LogP contribution in [0.25, 0.3) is 0 Å². The Labute approximate surface area is 94.7 Å². The van der Waals surface area contributed by atoms with E-state index < -0.39 is 5.97 Å². The average molecular weight is 224 g/mol. The van der Waals surface area contributed by atoms with E-state index in [0.717, 1.165) is 4.90 Å². The summed E-state index contributed by atoms with van der Waals surface area (Å²) in [4.78, 5) is 12.0. The van der Waals surface area contributed by atoms with E-state index in [1.54, 1.807) is 0 Å². The van der Waals surface area contributed by atoms with E-state index in [1.165, 1.54) is 17.3 Å². The molecule has 1 atom stereocenters. The van der Waals surface area contributed by atoms with Crippen molar-refractivity contribution < 1.29 is 9.90 Å². The van der Waals surface area contributed by atoms with E-state index >= 15 is 0 Å². The third-order valence-corrected chi connectivity index (χ3v) is 3.68. The monoisotopic (exact) mass is 224 g/mol. The molecule has 1 unspecified atom stereocenters. The van der Waals surface area contributed by atoms with Crippen LogP contribution < -0.4 is 0 Å². The van der Waals surface area contributed by atoms with Gasteiger partial charge in [0.15, 0.2) is 0 Å². The van der Waals surface area contributed by atoms with Crippen LogP contribution in [0, 0.1) is 12.8 Å². The minimum atomic E-state index is -0.740. The van der Waals surface area contributed by atoms with Crippen molar-refractivity contribution in [1.29, 1.82) is 0 Å². The van der Waals surface area contributed by atoms with E-state index in [2.05, 4.69) is 0 Å². The van der Waals surface area contributed by atoms with Gasteiger partial charge in [0.25, 0.3) is 0 Å². The van der Waals surface area contributed by atoms with Crippen LogP contribution in [0.3, 0.4) is 0 Å². The van der Waals surface area contributed by atoms with Crippen molar-refractivity contribution in [3.63, 3.8) is 0 Å². The van der Waals surface area contributed by atoms with Crippen molar-refractivity contribution in [2.75, 3.05) is 0 Å². The molecule has 0 bridgehead atoms. The number of carbonyl (C=O) groups is 1. The lowest BCUT2D eigenvalue weighted by atomic mass is 10.1. The van der Waals surface area contributed by atoms with Crippen LogP contribution in [0.2, 0.25) is 0 Å². The highest BCUT2D eigenvalue weighted by molar-refractivity contribution is 8.00. The summed E-state index contributed by atoms with van der Waals surface area (Å²) in [5.74, 6) is -0.607. The Kier molecular flexibility index (Phi) is 4.21. The molecule has 2 nitrogen and oxygen atoms in total. The molecule has 0 amide bonds. The van der Waals surface area contributed by atoms with Crippen molar-refractivity contribution >= 4 is 17.7 Å². The largest absolute Gasteiger partial charge is 0.480 e. The van der Waals surface area contributed by atoms with Crippen molar-refractivity contribution in [3.05, 3.63) is 29.8 Å². The van der Waals surface area contributed by atoms with Gasteiger partial charge in [0, 0.05) is 4.90 Å². The second-order valence-electron chi connectivity index (χ2n) is 3.93. The Hall–Kier alpha value is -0.960. The minimum Gasteiger partial charge on any atom is -0.480 e. The number of benzene rings is 1. The van der Waals surface area contributed by atoms with Gasteiger partial charge in [-0.25, -0.2) is 0 Å². The molecule has 0 aliphatic carbocycles. The lowest BCUT2D eigenvalue weighted by Gasteiger charge is -2.15. The first-order valence-corrected chi connectivity index (χ1v) is 5.85. The number of rotatable bonds is 4. The third kappa shape index (κ3) is 3.59. The quantitative estimate of drug-likeness (QED) is 0.798. The minimum absolute atomic E-state index is 0.133. The number of thioether (sulfide) groups is 1. The summed E-state index contributed by atoms with van der Waals surface area (Å²) in [5, 5.41) is 8.67. The highest BCUT2D eigenvalue weighted by atomic mass is 32.2. The summed E-state index contributed by atoms with van der Waals surface area (Å²) in [6, 6.07) is 7.94. The second-order valence-corrected chi connectivity index (χ2v) is 5.15. The summed E-state index contributed by atoms with van der Waals surface area (Å²) in [6.45, 7) is 5.88. The van der Waals surface area contributed by atoms with Gasteiger partial charge < -0.3 is 5.11 Å². The molecule has 0 saturated heterocycles. The molecule has 1 rings (SSSR count). The molecule has 15 heavy (non-hydrogen) atoms. The Morgan fingerprint density at radius 2 is 1.80 bits per heavy atom. The van der Waals surface area contributed by atoms with E-state index in [9.17, 15) is 4.79 Å². The lowest BCUT2D eigenvalue weighted by molar-refractivity contribution is -0.137. The Balaban J connectivity index is 2.74. The highest BCUT2D eigenvalue weighted by Gasteiger charge is 2.22. The zero-order valence-corrected chi connectivity index (χ0v) is 10.0. The molecule has 82 valence electrons. The molecular formula is C12H16O2S. The predicted octanol–water partition coefficient (Wildman–Crippen LogP) is 3.20. The molecule has 0 radical (unpaired) electrons. The van der Waals surface area contributed by atoms with Crippen LogP contribution in [-0.4, -0.2) is 16.3 Å². The van der Waals surface area contributed by atoms with Gasteiger partial charge in [-0.1, -0.05) is 31.5 Å². The first-order valence-electron chi connectivity index (χ1n) is 4.97. The van der Waals surface area contributed by atoms with Gasteiger partial charge in [0.05, 0.1) is 0 Å². The van der Waals surface area contributed by atoms with Crippen LogP contribution in [0.1, 0.15) is 19.4 Å². The summed E-state index contributed by atoms with van der Waals surface area (Å²) < 4.78 is 0. The number of carboxylic acids is 1. The fourth-order valence-corrected chi connectivity index (χ4v) is 2.19. The maximum atomic E-state index is 11.0. The molecule has 1 N–H and O–H groups in total. The maximum Gasteiger partial charge on any atom is 0.317 e. The number of carboxylic acid groups (broad SMARTS) is 1. The molecule has 0 aromatic heterocycles. The molecule has 0 fully saturated rings. The maximum absolute atomic E-state index is 11.0. The molecule has 0 aliphatic heterocycles. The van der Waals surface area contributed by atoms with E-state index in [0.29, 0.717) is 0 Å². The van der Waals surface area contributed by atoms with Crippen molar-refractivity contribution in [2.45, 2.75) is 30.9 Å². The van der Waals surface area contributed by atoms with Crippen LogP contribution in [0.5, 0.6) is 0 Å². The van der Waals surface area contributed by atoms with Crippen LogP contribution in [0.4, 0.5) is 0 Å². The van der Waals surface area contributed by atoms with Gasteiger partial charge in [-0.05, 0) is 25.0 Å². The average Bonchev–Trinajstić information content (AvgIpc) is 2.15. The van der Waals surface area contributed by atoms with Gasteiger partial charge >= 0.3 is 5.97 Å². The van der Waals surface area contributed by atoms with Gasteiger partial charge in [-0.15, -0.1) is 11.8 Å². The summed E-state index contributed by atoms with van der Waals surface area (Å²) in [7, 11) is 0. The van der Waals surface area contributed by atoms with Crippen LogP contribution in [-0.2, 0) is 4.79 Å². The zero-order chi connectivity index (χ0) is 11.4. The van der Waals surface area contributed by atoms with Crippen LogP contribution >= 0.6 is 11.8 Å². The molecule has 0 saturated carbocycles. The zero-order valence-electron chi connectivity index (χ0n) is 9.23. The highest BCUT2D eigenvalue weighted by Crippen LogP contribution is 2.28. The van der Waals surface area contributed by atoms with Gasteiger partial charge in [-0.3, -0.25) is 4.79 Å². The lowest BCUT2D eigenvalue weighted by Crippen LogP contribution is -2.22. The third-order valence-electron chi connectivity index (χ3n) is 2.13. The molecule has 0 heterocycles. The summed E-state index contributed by atoms with van der Waals surface area (Å²) in [5.41, 5.74) is 1.19. The molecule has 1 aromatic rings. The summed E-state index contributed by atoms with van der Waals surface area (Å²) >= 11 is 1.41. The van der Waals surface area contributed by atoms with E-state index in [4.69, 9.17) is 5.11 Å². The number of hydrogen-bond donors (Lipinski definition) is 1.